The Kier molecular flexibility index (Phi) is 5.27. The minimum Gasteiger partial charge on any atom is -0.353 e. The second-order valence-corrected chi connectivity index (χ2v) is 8.37. The van der Waals surface area contributed by atoms with Crippen LogP contribution in [0.25, 0.3) is 21.3 Å². The van der Waals surface area contributed by atoms with Gasteiger partial charge in [0, 0.05) is 17.0 Å². The van der Waals surface area contributed by atoms with E-state index in [4.69, 9.17) is 0 Å². The van der Waals surface area contributed by atoms with E-state index in [9.17, 15) is 14.0 Å². The van der Waals surface area contributed by atoms with E-state index in [2.05, 4.69) is 15.3 Å². The Balaban J connectivity index is 1.51. The summed E-state index contributed by atoms with van der Waals surface area (Å²) in [5, 5.41) is 5.80. The van der Waals surface area contributed by atoms with Crippen molar-refractivity contribution in [1.29, 1.82) is 0 Å². The highest BCUT2D eigenvalue weighted by atomic mass is 32.2. The smallest absolute Gasteiger partial charge is 0.260 e. The second kappa shape index (κ2) is 7.82. The van der Waals surface area contributed by atoms with Gasteiger partial charge in [-0.2, -0.15) is 0 Å². The fourth-order valence-corrected chi connectivity index (χ4v) is 4.99. The van der Waals surface area contributed by atoms with Crippen molar-refractivity contribution in [3.63, 3.8) is 0 Å². The Morgan fingerprint density at radius 1 is 1.30 bits per heavy atom. The number of rotatable bonds is 5. The number of thiophene rings is 1. The first kappa shape index (κ1) is 18.2. The molecule has 0 aliphatic heterocycles. The number of H-pyrrole nitrogens is 1. The van der Waals surface area contributed by atoms with Gasteiger partial charge in [-0.25, -0.2) is 9.37 Å². The molecule has 0 radical (unpaired) electrons. The predicted molar refractivity (Wildman–Crippen MR) is 107 cm³/mol. The van der Waals surface area contributed by atoms with E-state index in [1.807, 2.05) is 5.38 Å². The molecule has 1 aliphatic carbocycles. The van der Waals surface area contributed by atoms with Gasteiger partial charge in [-0.15, -0.1) is 11.3 Å². The van der Waals surface area contributed by atoms with Crippen LogP contribution in [0.15, 0.2) is 39.6 Å². The Hall–Kier alpha value is -2.19. The highest BCUT2D eigenvalue weighted by Crippen LogP contribution is 2.31. The molecule has 0 unspecified atom stereocenters. The van der Waals surface area contributed by atoms with Gasteiger partial charge in [-0.05, 0) is 30.5 Å². The second-order valence-electron chi connectivity index (χ2n) is 6.55. The quantitative estimate of drug-likeness (QED) is 0.500. The van der Waals surface area contributed by atoms with Gasteiger partial charge < -0.3 is 10.3 Å². The summed E-state index contributed by atoms with van der Waals surface area (Å²) in [5.41, 5.74) is 1.25. The minimum atomic E-state index is -0.320. The molecule has 1 aliphatic rings. The summed E-state index contributed by atoms with van der Waals surface area (Å²) in [7, 11) is 0. The van der Waals surface area contributed by atoms with Crippen molar-refractivity contribution in [2.24, 2.45) is 0 Å². The zero-order valence-electron chi connectivity index (χ0n) is 14.5. The zero-order chi connectivity index (χ0) is 18.8. The molecule has 2 N–H and O–H groups in total. The third-order valence-corrected chi connectivity index (χ3v) is 6.38. The maximum atomic E-state index is 13.1. The van der Waals surface area contributed by atoms with Crippen LogP contribution in [0.4, 0.5) is 4.39 Å². The van der Waals surface area contributed by atoms with Gasteiger partial charge in [0.15, 0.2) is 5.16 Å². The van der Waals surface area contributed by atoms with Gasteiger partial charge in [0.1, 0.15) is 10.6 Å². The number of hydrogen-bond acceptors (Lipinski definition) is 5. The molecule has 1 aromatic carbocycles. The van der Waals surface area contributed by atoms with Crippen LogP contribution in [0.5, 0.6) is 0 Å². The van der Waals surface area contributed by atoms with Crippen molar-refractivity contribution in [3.8, 4) is 11.1 Å². The molecule has 1 amide bonds. The van der Waals surface area contributed by atoms with Gasteiger partial charge in [0.05, 0.1) is 11.1 Å². The van der Waals surface area contributed by atoms with Gasteiger partial charge in [-0.3, -0.25) is 9.59 Å². The number of amides is 1. The van der Waals surface area contributed by atoms with E-state index >= 15 is 0 Å². The summed E-state index contributed by atoms with van der Waals surface area (Å²) in [6.45, 7) is 0. The lowest BCUT2D eigenvalue weighted by Crippen LogP contribution is -2.33. The number of benzene rings is 1. The molecule has 27 heavy (non-hydrogen) atoms. The molecule has 2 aromatic heterocycles. The van der Waals surface area contributed by atoms with Gasteiger partial charge in [-0.1, -0.05) is 36.7 Å². The molecule has 1 fully saturated rings. The van der Waals surface area contributed by atoms with E-state index in [1.165, 1.54) is 48.1 Å². The first-order valence-corrected chi connectivity index (χ1v) is 10.7. The van der Waals surface area contributed by atoms with E-state index < -0.39 is 0 Å². The number of halogens is 1. The predicted octanol–water partition coefficient (Wildman–Crippen LogP) is 3.94. The van der Waals surface area contributed by atoms with Crippen molar-refractivity contribution in [3.05, 3.63) is 45.8 Å². The first-order valence-electron chi connectivity index (χ1n) is 8.80. The zero-order valence-corrected chi connectivity index (χ0v) is 16.1. The first-order chi connectivity index (χ1) is 13.1. The number of carbonyl (C=O) groups is 1. The fourth-order valence-electron chi connectivity index (χ4n) is 3.31. The maximum Gasteiger partial charge on any atom is 0.260 e. The lowest BCUT2D eigenvalue weighted by molar-refractivity contribution is -0.119. The Morgan fingerprint density at radius 3 is 2.78 bits per heavy atom. The number of thioether (sulfide) groups is 1. The van der Waals surface area contributed by atoms with Crippen LogP contribution in [-0.4, -0.2) is 27.7 Å². The Labute approximate surface area is 163 Å². The molecule has 5 nitrogen and oxygen atoms in total. The average Bonchev–Trinajstić information content (AvgIpc) is 3.30. The summed E-state index contributed by atoms with van der Waals surface area (Å²) in [6, 6.07) is 6.31. The molecule has 0 bridgehead atoms. The molecule has 0 spiro atoms. The largest absolute Gasteiger partial charge is 0.353 e. The van der Waals surface area contributed by atoms with Crippen molar-refractivity contribution in [2.75, 3.05) is 5.75 Å². The van der Waals surface area contributed by atoms with Crippen molar-refractivity contribution < 1.29 is 9.18 Å². The van der Waals surface area contributed by atoms with Crippen LogP contribution in [0.2, 0.25) is 0 Å². The summed E-state index contributed by atoms with van der Waals surface area (Å²) in [6.07, 6.45) is 4.41. The van der Waals surface area contributed by atoms with Crippen LogP contribution in [0.1, 0.15) is 25.7 Å². The van der Waals surface area contributed by atoms with Gasteiger partial charge in [0.25, 0.3) is 5.56 Å². The number of nitrogens with one attached hydrogen (secondary N) is 2. The molecule has 0 saturated heterocycles. The molecule has 8 heteroatoms. The number of aromatic nitrogens is 2. The average molecular weight is 404 g/mol. The maximum absolute atomic E-state index is 13.1. The highest BCUT2D eigenvalue weighted by molar-refractivity contribution is 7.99. The summed E-state index contributed by atoms with van der Waals surface area (Å²) < 4.78 is 13.1. The Morgan fingerprint density at radius 2 is 2.04 bits per heavy atom. The molecular formula is C19H18FN3O2S2. The van der Waals surface area contributed by atoms with E-state index in [0.29, 0.717) is 15.4 Å². The van der Waals surface area contributed by atoms with Crippen LogP contribution in [-0.2, 0) is 4.79 Å². The molecule has 3 aromatic rings. The number of nitrogens with zero attached hydrogens (tertiary/aromatic N) is 1. The van der Waals surface area contributed by atoms with Gasteiger partial charge in [0.2, 0.25) is 5.91 Å². The Bertz CT molecular complexity index is 1020. The lowest BCUT2D eigenvalue weighted by Gasteiger charge is -2.11. The van der Waals surface area contributed by atoms with Gasteiger partial charge >= 0.3 is 0 Å². The molecule has 2 heterocycles. The summed E-state index contributed by atoms with van der Waals surface area (Å²) in [4.78, 5) is 32.5. The van der Waals surface area contributed by atoms with Crippen molar-refractivity contribution in [1.82, 2.24) is 15.3 Å². The molecule has 4 rings (SSSR count). The number of hydrogen-bond donors (Lipinski definition) is 2. The van der Waals surface area contributed by atoms with Crippen LogP contribution >= 0.6 is 23.1 Å². The number of fused-ring (bicyclic) bond motifs is 1. The topological polar surface area (TPSA) is 74.8 Å². The SMILES string of the molecule is O=C(CSc1nc2scc(-c3ccc(F)cc3)c2c(=O)[nH]1)NC1CCCC1. The molecular weight excluding hydrogens is 385 g/mol. The van der Waals surface area contributed by atoms with Crippen LogP contribution in [0.3, 0.4) is 0 Å². The summed E-state index contributed by atoms with van der Waals surface area (Å²) >= 11 is 2.59. The van der Waals surface area contributed by atoms with E-state index in [1.54, 1.807) is 12.1 Å². The van der Waals surface area contributed by atoms with E-state index in [0.717, 1.165) is 24.0 Å². The molecule has 140 valence electrons. The standard InChI is InChI=1S/C19H18FN3O2S2/c20-12-7-5-11(6-8-12)14-9-26-18-16(14)17(25)22-19(23-18)27-10-15(24)21-13-3-1-2-4-13/h5-9,13H,1-4,10H2,(H,21,24)(H,22,23,25). The van der Waals surface area contributed by atoms with Crippen molar-refractivity contribution in [2.45, 2.75) is 36.9 Å². The van der Waals surface area contributed by atoms with Crippen molar-refractivity contribution >= 4 is 39.2 Å². The monoisotopic (exact) mass is 403 g/mol. The third-order valence-electron chi connectivity index (χ3n) is 4.64. The fraction of sp³-hybridized carbons (Fsp3) is 0.316. The van der Waals surface area contributed by atoms with E-state index in [-0.39, 0.29) is 29.1 Å². The normalized spacial score (nSPS) is 14.7. The van der Waals surface area contributed by atoms with Crippen LogP contribution < -0.4 is 10.9 Å². The summed E-state index contributed by atoms with van der Waals surface area (Å²) in [5.74, 6) is -0.131. The minimum absolute atomic E-state index is 0.0344. The number of aromatic amines is 1. The van der Waals surface area contributed by atoms with Crippen LogP contribution in [0, 0.1) is 5.82 Å². The molecule has 0 atom stereocenters. The highest BCUT2D eigenvalue weighted by Gasteiger charge is 2.18. The number of carbonyl (C=O) groups excluding carboxylic acids is 1. The molecule has 1 saturated carbocycles. The third kappa shape index (κ3) is 4.06. The lowest BCUT2D eigenvalue weighted by atomic mass is 10.1.